The SMILES string of the molecule is c1ccc(-c2ccc3c(c2)B2c4ccccc4N4c5ccccc5B5c6cc(-c7ccccc7)ccc6N6c7ccccc7B7c8ccccc8N3c3c2c4c5c6c37)cc1. The summed E-state index contributed by atoms with van der Waals surface area (Å²) < 4.78 is 0. The average Bonchev–Trinajstić information content (AvgIpc) is 3.32. The number of nitrogens with zero attached hydrogens (tertiary/aromatic N) is 3. The van der Waals surface area contributed by atoms with Crippen LogP contribution in [0.25, 0.3) is 22.3 Å². The van der Waals surface area contributed by atoms with Gasteiger partial charge in [0.2, 0.25) is 0 Å². The van der Waals surface area contributed by atoms with Gasteiger partial charge in [-0.3, -0.25) is 0 Å². The summed E-state index contributed by atoms with van der Waals surface area (Å²) in [6.45, 7) is 0.160. The van der Waals surface area contributed by atoms with E-state index < -0.39 is 0 Å². The lowest BCUT2D eigenvalue weighted by Gasteiger charge is -2.55. The van der Waals surface area contributed by atoms with E-state index in [0.717, 1.165) is 0 Å². The van der Waals surface area contributed by atoms with E-state index in [1.54, 1.807) is 0 Å². The third kappa shape index (κ3) is 3.73. The maximum Gasteiger partial charge on any atom is 0.252 e. The fourth-order valence-corrected chi connectivity index (χ4v) is 12.2. The largest absolute Gasteiger partial charge is 0.312 e. The lowest BCUT2D eigenvalue weighted by atomic mass is 9.24. The molecule has 272 valence electrons. The summed E-state index contributed by atoms with van der Waals surface area (Å²) in [5, 5.41) is 0. The molecule has 0 N–H and O–H groups in total. The van der Waals surface area contributed by atoms with Gasteiger partial charge >= 0.3 is 0 Å². The van der Waals surface area contributed by atoms with Crippen molar-refractivity contribution >= 4 is 120 Å². The van der Waals surface area contributed by atoms with Gasteiger partial charge in [-0.2, -0.15) is 0 Å². The van der Waals surface area contributed by atoms with E-state index in [1.165, 1.54) is 123 Å². The van der Waals surface area contributed by atoms with Crippen molar-refractivity contribution in [3.63, 3.8) is 0 Å². The van der Waals surface area contributed by atoms with Crippen LogP contribution in [0.15, 0.2) is 194 Å². The predicted molar refractivity (Wildman–Crippen MR) is 255 cm³/mol. The number of hydrogen-bond acceptors (Lipinski definition) is 3. The highest BCUT2D eigenvalue weighted by Crippen LogP contribution is 2.51. The Morgan fingerprint density at radius 2 is 0.517 bits per heavy atom. The molecular formula is C54H32B3N3. The second-order valence-electron chi connectivity index (χ2n) is 17.1. The normalized spacial score (nSPS) is 14.5. The zero-order chi connectivity index (χ0) is 38.8. The second-order valence-corrected chi connectivity index (χ2v) is 17.1. The first-order chi connectivity index (χ1) is 29.8. The molecule has 9 aromatic rings. The molecule has 0 spiro atoms. The summed E-state index contributed by atoms with van der Waals surface area (Å²) in [7, 11) is 0. The summed E-state index contributed by atoms with van der Waals surface area (Å²) >= 11 is 0. The highest BCUT2D eigenvalue weighted by Gasteiger charge is 2.57. The van der Waals surface area contributed by atoms with Gasteiger partial charge in [0.05, 0.1) is 0 Å². The Kier molecular flexibility index (Phi) is 5.88. The van der Waals surface area contributed by atoms with Gasteiger partial charge in [-0.15, -0.1) is 0 Å². The fourth-order valence-electron chi connectivity index (χ4n) is 12.2. The van der Waals surface area contributed by atoms with Gasteiger partial charge in [0.1, 0.15) is 0 Å². The minimum atomic E-state index is 0.0402. The zero-order valence-electron chi connectivity index (χ0n) is 32.5. The van der Waals surface area contributed by atoms with Crippen molar-refractivity contribution in [2.75, 3.05) is 14.7 Å². The molecule has 6 heteroatoms. The number of hydrogen-bond donors (Lipinski definition) is 0. The molecule has 6 heterocycles. The van der Waals surface area contributed by atoms with E-state index in [-0.39, 0.29) is 20.1 Å². The van der Waals surface area contributed by atoms with Crippen molar-refractivity contribution in [1.29, 1.82) is 0 Å². The van der Waals surface area contributed by atoms with E-state index in [2.05, 4.69) is 209 Å². The number of rotatable bonds is 2. The number of benzene rings is 9. The molecule has 0 aromatic heterocycles. The van der Waals surface area contributed by atoms with E-state index in [4.69, 9.17) is 0 Å². The second kappa shape index (κ2) is 11.2. The smallest absolute Gasteiger partial charge is 0.252 e. The molecule has 60 heavy (non-hydrogen) atoms. The quantitative estimate of drug-likeness (QED) is 0.179. The number of para-hydroxylation sites is 4. The van der Waals surface area contributed by atoms with Gasteiger partial charge in [0, 0.05) is 51.2 Å². The summed E-state index contributed by atoms with van der Waals surface area (Å²) in [5.41, 5.74) is 29.2. The maximum absolute atomic E-state index is 2.66. The number of fused-ring (bicyclic) bond motifs is 18. The molecule has 0 aliphatic carbocycles. The van der Waals surface area contributed by atoms with Gasteiger partial charge < -0.3 is 14.7 Å². The topological polar surface area (TPSA) is 9.72 Å². The minimum absolute atomic E-state index is 0.0402. The first-order valence-corrected chi connectivity index (χ1v) is 21.2. The Morgan fingerprint density at radius 1 is 0.233 bits per heavy atom. The molecule has 0 radical (unpaired) electrons. The van der Waals surface area contributed by atoms with Crippen LogP contribution in [0, 0.1) is 0 Å². The molecule has 6 aliphatic heterocycles. The summed E-state index contributed by atoms with van der Waals surface area (Å²) in [6.07, 6.45) is 0. The van der Waals surface area contributed by atoms with Crippen molar-refractivity contribution in [2.45, 2.75) is 0 Å². The lowest BCUT2D eigenvalue weighted by molar-refractivity contribution is 1.23. The van der Waals surface area contributed by atoms with E-state index in [1.807, 2.05) is 0 Å². The van der Waals surface area contributed by atoms with Crippen molar-refractivity contribution in [3.8, 4) is 22.3 Å². The molecular weight excluding hydrogens is 723 g/mol. The summed E-state index contributed by atoms with van der Waals surface area (Å²) in [5.74, 6) is 0. The molecule has 9 aromatic carbocycles. The fraction of sp³-hybridized carbons (Fsp3) is 0. The number of anilines is 9. The summed E-state index contributed by atoms with van der Waals surface area (Å²) in [4.78, 5) is 7.98. The van der Waals surface area contributed by atoms with Gasteiger partial charge in [-0.25, -0.2) is 0 Å². The standard InChI is InChI=1S/C54H32B3N3/c1-3-15-33(16-4-1)35-27-29-47-41(31-35)56-39-21-9-13-25-45(39)58-46-26-14-10-22-40(46)57-42-32-36(34-17-5-2-6-18-34)28-30-48(42)60-44-24-12-8-20-38(44)55-37-19-7-11-23-43(37)59(47)52-49(55)53(60)51(57)54(58)50(52)56/h1-32H. The van der Waals surface area contributed by atoms with E-state index in [9.17, 15) is 0 Å². The predicted octanol–water partition coefficient (Wildman–Crippen LogP) is 6.86. The first kappa shape index (κ1) is 31.6. The van der Waals surface area contributed by atoms with Gasteiger partial charge in [-0.05, 0) is 108 Å². The van der Waals surface area contributed by atoms with Crippen molar-refractivity contribution in [3.05, 3.63) is 194 Å². The molecule has 0 saturated heterocycles. The van der Waals surface area contributed by atoms with Gasteiger partial charge in [0.15, 0.2) is 0 Å². The van der Waals surface area contributed by atoms with E-state index >= 15 is 0 Å². The van der Waals surface area contributed by atoms with Crippen LogP contribution in [-0.4, -0.2) is 20.1 Å². The molecule has 0 amide bonds. The lowest BCUT2D eigenvalue weighted by Crippen LogP contribution is -2.74. The third-order valence-corrected chi connectivity index (χ3v) is 14.4. The van der Waals surface area contributed by atoms with Crippen LogP contribution in [0.2, 0.25) is 0 Å². The molecule has 0 atom stereocenters. The van der Waals surface area contributed by atoms with Crippen molar-refractivity contribution < 1.29 is 0 Å². The van der Waals surface area contributed by atoms with Crippen LogP contribution in [0.5, 0.6) is 0 Å². The van der Waals surface area contributed by atoms with Crippen molar-refractivity contribution in [1.82, 2.24) is 0 Å². The van der Waals surface area contributed by atoms with Crippen LogP contribution in [0.4, 0.5) is 51.2 Å². The highest BCUT2D eigenvalue weighted by molar-refractivity contribution is 7.09. The van der Waals surface area contributed by atoms with Crippen LogP contribution >= 0.6 is 0 Å². The van der Waals surface area contributed by atoms with Crippen LogP contribution in [-0.2, 0) is 0 Å². The third-order valence-electron chi connectivity index (χ3n) is 14.4. The Morgan fingerprint density at radius 3 is 0.867 bits per heavy atom. The molecule has 15 rings (SSSR count). The summed E-state index contributed by atoms with van der Waals surface area (Å²) in [6, 6.07) is 73.4. The van der Waals surface area contributed by atoms with Crippen LogP contribution < -0.4 is 63.9 Å². The minimum Gasteiger partial charge on any atom is -0.312 e. The Hall–Kier alpha value is -7.43. The maximum atomic E-state index is 2.66. The van der Waals surface area contributed by atoms with E-state index in [0.29, 0.717) is 0 Å². The van der Waals surface area contributed by atoms with Crippen LogP contribution in [0.1, 0.15) is 0 Å². The van der Waals surface area contributed by atoms with Gasteiger partial charge in [-0.1, -0.05) is 158 Å². The Bertz CT molecular complexity index is 3160. The molecule has 0 unspecified atom stereocenters. The molecule has 6 aliphatic rings. The average molecular weight is 755 g/mol. The monoisotopic (exact) mass is 755 g/mol. The van der Waals surface area contributed by atoms with Crippen LogP contribution in [0.3, 0.4) is 0 Å². The Balaban J connectivity index is 1.15. The molecule has 0 saturated carbocycles. The molecule has 0 bridgehead atoms. The molecule has 3 nitrogen and oxygen atoms in total. The highest BCUT2D eigenvalue weighted by atomic mass is 15.2. The molecule has 0 fully saturated rings. The zero-order valence-corrected chi connectivity index (χ0v) is 32.5. The van der Waals surface area contributed by atoms with Crippen molar-refractivity contribution in [2.24, 2.45) is 0 Å². The first-order valence-electron chi connectivity index (χ1n) is 21.2. The Labute approximate surface area is 350 Å². The van der Waals surface area contributed by atoms with Gasteiger partial charge in [0.25, 0.3) is 20.1 Å².